The lowest BCUT2D eigenvalue weighted by Crippen LogP contribution is -2.36. The first kappa shape index (κ1) is 22.3. The Bertz CT molecular complexity index is 302. The second kappa shape index (κ2) is 16.2. The van der Waals surface area contributed by atoms with Gasteiger partial charge < -0.3 is 15.3 Å². The predicted octanol–water partition coefficient (Wildman–Crippen LogP) is 3.53. The van der Waals surface area contributed by atoms with E-state index in [1.807, 2.05) is 0 Å². The third-order valence-electron chi connectivity index (χ3n) is 4.07. The predicted molar refractivity (Wildman–Crippen MR) is 94.3 cm³/mol. The lowest BCUT2D eigenvalue weighted by molar-refractivity contribution is -0.134. The highest BCUT2D eigenvalue weighted by Gasteiger charge is 2.22. The Hall–Kier alpha value is -0.710. The standard InChI is InChI=1S/C19H36O4/c1-2-3-4-5-6-7-8-9-10-11-12-13-14-15-17(21)19(23)18(22)16-20/h7-8,18-20,22-23H,2-6,9-16H2,1H3. The van der Waals surface area contributed by atoms with Gasteiger partial charge in [-0.15, -0.1) is 0 Å². The zero-order valence-electron chi connectivity index (χ0n) is 14.8. The van der Waals surface area contributed by atoms with Crippen LogP contribution in [0.15, 0.2) is 12.2 Å². The van der Waals surface area contributed by atoms with E-state index in [0.29, 0.717) is 0 Å². The molecule has 0 aliphatic rings. The number of unbranched alkanes of at least 4 members (excludes halogenated alkanes) is 9. The molecule has 0 aromatic heterocycles. The van der Waals surface area contributed by atoms with Crippen LogP contribution in [0, 0.1) is 0 Å². The third kappa shape index (κ3) is 13.4. The van der Waals surface area contributed by atoms with Crippen LogP contribution in [0.2, 0.25) is 0 Å². The van der Waals surface area contributed by atoms with Gasteiger partial charge in [0.15, 0.2) is 5.78 Å². The number of aliphatic hydroxyl groups excluding tert-OH is 3. The molecule has 4 nitrogen and oxygen atoms in total. The molecule has 136 valence electrons. The summed E-state index contributed by atoms with van der Waals surface area (Å²) in [5, 5.41) is 27.3. The molecule has 3 N–H and O–H groups in total. The number of hydrogen-bond acceptors (Lipinski definition) is 4. The molecule has 0 radical (unpaired) electrons. The number of Topliss-reactive ketones (excluding diaryl/α,β-unsaturated/α-hetero) is 1. The Morgan fingerprint density at radius 3 is 1.96 bits per heavy atom. The van der Waals surface area contributed by atoms with E-state index in [4.69, 9.17) is 5.11 Å². The molecule has 0 aromatic rings. The first-order chi connectivity index (χ1) is 11.1. The molecule has 0 rings (SSSR count). The van der Waals surface area contributed by atoms with Crippen molar-refractivity contribution in [2.45, 2.75) is 96.2 Å². The SMILES string of the molecule is CCCCCCC=CCCCCCCCC(=O)C(O)C(O)CO. The summed E-state index contributed by atoms with van der Waals surface area (Å²) < 4.78 is 0. The summed E-state index contributed by atoms with van der Waals surface area (Å²) >= 11 is 0. The quantitative estimate of drug-likeness (QED) is 0.299. The Labute approximate surface area is 141 Å². The maximum absolute atomic E-state index is 11.5. The average Bonchev–Trinajstić information content (AvgIpc) is 2.57. The van der Waals surface area contributed by atoms with E-state index in [9.17, 15) is 15.0 Å². The van der Waals surface area contributed by atoms with Crippen LogP contribution in [0.4, 0.5) is 0 Å². The molecule has 23 heavy (non-hydrogen) atoms. The van der Waals surface area contributed by atoms with Crippen molar-refractivity contribution in [2.24, 2.45) is 0 Å². The number of carbonyl (C=O) groups is 1. The lowest BCUT2D eigenvalue weighted by atomic mass is 10.0. The van der Waals surface area contributed by atoms with Crippen LogP contribution in [-0.4, -0.2) is 39.9 Å². The molecule has 0 heterocycles. The second-order valence-electron chi connectivity index (χ2n) is 6.29. The van der Waals surface area contributed by atoms with Crippen molar-refractivity contribution < 1.29 is 20.1 Å². The molecule has 0 fully saturated rings. The largest absolute Gasteiger partial charge is 0.394 e. The molecule has 0 aliphatic carbocycles. The zero-order valence-corrected chi connectivity index (χ0v) is 14.8. The van der Waals surface area contributed by atoms with Crippen molar-refractivity contribution in [3.63, 3.8) is 0 Å². The fraction of sp³-hybridized carbons (Fsp3) is 0.842. The van der Waals surface area contributed by atoms with Crippen LogP contribution < -0.4 is 0 Å². The van der Waals surface area contributed by atoms with Crippen molar-refractivity contribution in [3.8, 4) is 0 Å². The highest BCUT2D eigenvalue weighted by atomic mass is 16.4. The van der Waals surface area contributed by atoms with Gasteiger partial charge in [-0.2, -0.15) is 0 Å². The van der Waals surface area contributed by atoms with Crippen LogP contribution >= 0.6 is 0 Å². The fourth-order valence-electron chi connectivity index (χ4n) is 2.48. The van der Waals surface area contributed by atoms with Crippen molar-refractivity contribution in [3.05, 3.63) is 12.2 Å². The molecule has 0 amide bonds. The molecule has 2 unspecified atom stereocenters. The van der Waals surface area contributed by atoms with E-state index in [0.717, 1.165) is 32.1 Å². The minimum atomic E-state index is -1.44. The molecule has 2 atom stereocenters. The summed E-state index contributed by atoms with van der Waals surface area (Å²) in [5.74, 6) is -0.377. The van der Waals surface area contributed by atoms with Crippen molar-refractivity contribution >= 4 is 5.78 Å². The van der Waals surface area contributed by atoms with Gasteiger partial charge in [0, 0.05) is 6.42 Å². The summed E-state index contributed by atoms with van der Waals surface area (Å²) in [7, 11) is 0. The normalized spacial score (nSPS) is 14.3. The summed E-state index contributed by atoms with van der Waals surface area (Å²) in [6.07, 6.45) is 14.8. The number of hydrogen-bond donors (Lipinski definition) is 3. The molecule has 0 spiro atoms. The number of carbonyl (C=O) groups excluding carboxylic acids is 1. The van der Waals surface area contributed by atoms with E-state index in [-0.39, 0.29) is 12.2 Å². The number of allylic oxidation sites excluding steroid dienone is 2. The van der Waals surface area contributed by atoms with Crippen LogP contribution in [0.5, 0.6) is 0 Å². The second-order valence-corrected chi connectivity index (χ2v) is 6.29. The van der Waals surface area contributed by atoms with E-state index in [1.54, 1.807) is 0 Å². The smallest absolute Gasteiger partial charge is 0.164 e. The van der Waals surface area contributed by atoms with Crippen LogP contribution in [0.1, 0.15) is 84.0 Å². The molecule has 4 heteroatoms. The topological polar surface area (TPSA) is 77.8 Å². The number of aliphatic hydroxyl groups is 3. The Morgan fingerprint density at radius 1 is 0.870 bits per heavy atom. The average molecular weight is 328 g/mol. The van der Waals surface area contributed by atoms with Gasteiger partial charge >= 0.3 is 0 Å². The molecule has 0 bridgehead atoms. The van der Waals surface area contributed by atoms with Gasteiger partial charge in [0.25, 0.3) is 0 Å². The number of rotatable bonds is 16. The van der Waals surface area contributed by atoms with Gasteiger partial charge in [-0.05, 0) is 32.1 Å². The zero-order chi connectivity index (χ0) is 17.3. The van der Waals surface area contributed by atoms with Gasteiger partial charge in [-0.3, -0.25) is 4.79 Å². The molecule has 0 aliphatic heterocycles. The highest BCUT2D eigenvalue weighted by molar-refractivity contribution is 5.83. The Kier molecular flexibility index (Phi) is 15.7. The molecular weight excluding hydrogens is 292 g/mol. The van der Waals surface area contributed by atoms with E-state index >= 15 is 0 Å². The summed E-state index contributed by atoms with van der Waals surface area (Å²) in [4.78, 5) is 11.5. The van der Waals surface area contributed by atoms with Gasteiger partial charge in [0.2, 0.25) is 0 Å². The van der Waals surface area contributed by atoms with E-state index in [2.05, 4.69) is 19.1 Å². The first-order valence-electron chi connectivity index (χ1n) is 9.28. The minimum Gasteiger partial charge on any atom is -0.394 e. The van der Waals surface area contributed by atoms with Crippen LogP contribution in [0.3, 0.4) is 0 Å². The van der Waals surface area contributed by atoms with Gasteiger partial charge in [-0.25, -0.2) is 0 Å². The summed E-state index contributed by atoms with van der Waals surface area (Å²) in [5.41, 5.74) is 0. The first-order valence-corrected chi connectivity index (χ1v) is 9.28. The van der Waals surface area contributed by atoms with E-state index in [1.165, 1.54) is 38.5 Å². The van der Waals surface area contributed by atoms with Crippen molar-refractivity contribution in [1.29, 1.82) is 0 Å². The van der Waals surface area contributed by atoms with E-state index < -0.39 is 18.8 Å². The number of ketones is 1. The lowest BCUT2D eigenvalue weighted by Gasteiger charge is -2.13. The molecular formula is C19H36O4. The molecule has 0 saturated heterocycles. The Balaban J connectivity index is 3.36. The summed E-state index contributed by atoms with van der Waals surface area (Å²) in [6, 6.07) is 0. The minimum absolute atomic E-state index is 0.274. The maximum atomic E-state index is 11.5. The van der Waals surface area contributed by atoms with Crippen molar-refractivity contribution in [1.82, 2.24) is 0 Å². The summed E-state index contributed by atoms with van der Waals surface area (Å²) in [6.45, 7) is 1.64. The molecule has 0 saturated carbocycles. The fourth-order valence-corrected chi connectivity index (χ4v) is 2.48. The highest BCUT2D eigenvalue weighted by Crippen LogP contribution is 2.10. The monoisotopic (exact) mass is 328 g/mol. The Morgan fingerprint density at radius 2 is 1.39 bits per heavy atom. The third-order valence-corrected chi connectivity index (χ3v) is 4.07. The molecule has 0 aromatic carbocycles. The van der Waals surface area contributed by atoms with Crippen molar-refractivity contribution in [2.75, 3.05) is 6.61 Å². The van der Waals surface area contributed by atoms with Gasteiger partial charge in [0.1, 0.15) is 12.2 Å². The van der Waals surface area contributed by atoms with Gasteiger partial charge in [-0.1, -0.05) is 57.6 Å². The van der Waals surface area contributed by atoms with Crippen LogP contribution in [-0.2, 0) is 4.79 Å². The van der Waals surface area contributed by atoms with Crippen LogP contribution in [0.25, 0.3) is 0 Å². The van der Waals surface area contributed by atoms with Gasteiger partial charge in [0.05, 0.1) is 6.61 Å². The maximum Gasteiger partial charge on any atom is 0.164 e.